The Bertz CT molecular complexity index is 3000. The van der Waals surface area contributed by atoms with Crippen LogP contribution in [0.5, 0.6) is 23.0 Å². The predicted octanol–water partition coefficient (Wildman–Crippen LogP) is 7.31. The molecule has 0 spiro atoms. The zero-order chi connectivity index (χ0) is 56.7. The molecule has 5 aliphatic rings. The molecule has 8 rings (SSSR count). The maximum Gasteiger partial charge on any atom is 0.416 e. The fraction of sp³-hybridized carbons (Fsp3) is 0.441. The number of aliphatic imine (C=N–C) groups is 1. The van der Waals surface area contributed by atoms with Gasteiger partial charge in [0.15, 0.2) is 35.0 Å². The maximum absolute atomic E-state index is 14.2. The summed E-state index contributed by atoms with van der Waals surface area (Å²) < 4.78 is 29.4. The molecule has 20 heteroatoms. The number of methoxy groups -OCH3 is 2. The number of carbonyl (C=O) groups excluding carboxylic acids is 8. The van der Waals surface area contributed by atoms with E-state index in [-0.39, 0.29) is 109 Å². The molecule has 3 aromatic carbocycles. The van der Waals surface area contributed by atoms with Crippen molar-refractivity contribution in [1.29, 1.82) is 0 Å². The fourth-order valence-corrected chi connectivity index (χ4v) is 10.2. The van der Waals surface area contributed by atoms with E-state index in [4.69, 9.17) is 23.7 Å². The molecule has 0 unspecified atom stereocenters. The number of rotatable bonds is 24. The monoisotopic (exact) mass is 1080 g/mol. The highest BCUT2D eigenvalue weighted by Crippen LogP contribution is 2.43. The molecule has 0 saturated heterocycles. The smallest absolute Gasteiger partial charge is 0.416 e. The van der Waals surface area contributed by atoms with E-state index in [1.54, 1.807) is 60.6 Å². The summed E-state index contributed by atoms with van der Waals surface area (Å²) in [6.45, 7) is 9.45. The van der Waals surface area contributed by atoms with Crippen LogP contribution in [0.4, 0.5) is 16.2 Å². The third-order valence-electron chi connectivity index (χ3n) is 14.7. The summed E-state index contributed by atoms with van der Waals surface area (Å²) in [5.74, 6) is -1.67. The minimum Gasteiger partial charge on any atom is -0.493 e. The van der Waals surface area contributed by atoms with Gasteiger partial charge in [0.05, 0.1) is 68.1 Å². The molecule has 20 nitrogen and oxygen atoms in total. The van der Waals surface area contributed by atoms with Crippen molar-refractivity contribution >= 4 is 64.8 Å². The van der Waals surface area contributed by atoms with Crippen LogP contribution in [0.1, 0.15) is 118 Å². The van der Waals surface area contributed by atoms with Crippen LogP contribution in [0.3, 0.4) is 0 Å². The number of ether oxygens (including phenoxy) is 5. The van der Waals surface area contributed by atoms with Gasteiger partial charge in [-0.3, -0.25) is 43.5 Å². The molecule has 79 heavy (non-hydrogen) atoms. The van der Waals surface area contributed by atoms with Gasteiger partial charge >= 0.3 is 6.09 Å². The van der Waals surface area contributed by atoms with Gasteiger partial charge < -0.3 is 43.9 Å². The molecule has 2 N–H and O–H groups in total. The summed E-state index contributed by atoms with van der Waals surface area (Å²) in [6, 6.07) is 11.3. The Morgan fingerprint density at radius 3 is 2.04 bits per heavy atom. The fourth-order valence-electron chi connectivity index (χ4n) is 10.2. The minimum atomic E-state index is -1.52. The number of nitrogens with zero attached hydrogens (tertiary/aromatic N) is 5. The zero-order valence-electron chi connectivity index (χ0n) is 45.7. The first-order valence-electron chi connectivity index (χ1n) is 26.7. The topological polar surface area (TPSA) is 240 Å². The van der Waals surface area contributed by atoms with Crippen LogP contribution in [-0.4, -0.2) is 132 Å². The van der Waals surface area contributed by atoms with Crippen molar-refractivity contribution < 1.29 is 67.1 Å². The number of ketones is 2. The molecule has 5 aliphatic heterocycles. The van der Waals surface area contributed by atoms with E-state index in [2.05, 4.69) is 10.3 Å². The molecule has 0 radical (unpaired) electrons. The second kappa shape index (κ2) is 25.1. The number of unbranched alkanes of at least 4 members (excludes halogenated alkanes) is 2. The van der Waals surface area contributed by atoms with Crippen molar-refractivity contribution in [2.75, 3.05) is 38.9 Å². The van der Waals surface area contributed by atoms with Crippen LogP contribution >= 0.6 is 0 Å². The summed E-state index contributed by atoms with van der Waals surface area (Å²) in [6.07, 6.45) is 8.71. The number of nitrogens with one attached hydrogen (secondary N) is 1. The second-order valence-electron chi connectivity index (χ2n) is 20.9. The average molecular weight is 1090 g/mol. The SMILES string of the molecule is COc1cc2c(cc1OCCCOc1cc3c(cc1OC)C(=O)N1C=C(C)C[C@H]1[C@H](O)N3C(=O)OCc1ccc(CC(=O)[C@H](C)NC(=O)[C@@H](CC(=O)CCCCCN3C(=O)C=CC3=O)C(C)C)cc1)N=C[C@@H]1CC(C)=CN1C2=O. The second-order valence-corrected chi connectivity index (χ2v) is 20.9. The molecule has 3 aromatic rings. The van der Waals surface area contributed by atoms with Crippen molar-refractivity contribution in [1.82, 2.24) is 20.0 Å². The van der Waals surface area contributed by atoms with Gasteiger partial charge in [0.1, 0.15) is 12.4 Å². The number of hydrogen-bond donors (Lipinski definition) is 2. The van der Waals surface area contributed by atoms with E-state index in [9.17, 15) is 43.5 Å². The van der Waals surface area contributed by atoms with Crippen LogP contribution in [0.2, 0.25) is 0 Å². The predicted molar refractivity (Wildman–Crippen MR) is 290 cm³/mol. The van der Waals surface area contributed by atoms with Crippen molar-refractivity contribution in [2.24, 2.45) is 16.8 Å². The van der Waals surface area contributed by atoms with Gasteiger partial charge in [0.2, 0.25) is 5.91 Å². The lowest BCUT2D eigenvalue weighted by Crippen LogP contribution is -2.50. The Labute approximate surface area is 459 Å². The average Bonchev–Trinajstić information content (AvgIpc) is 4.28. The van der Waals surface area contributed by atoms with E-state index >= 15 is 0 Å². The molecular formula is C59H68N6O14. The Morgan fingerprint density at radius 2 is 1.37 bits per heavy atom. The molecule has 0 fully saturated rings. The molecule has 0 bridgehead atoms. The van der Waals surface area contributed by atoms with Crippen molar-refractivity contribution in [3.63, 3.8) is 0 Å². The lowest BCUT2D eigenvalue weighted by Gasteiger charge is -2.31. The number of amides is 6. The number of benzene rings is 3. The number of imide groups is 1. The Balaban J connectivity index is 0.855. The molecular weight excluding hydrogens is 1020 g/mol. The summed E-state index contributed by atoms with van der Waals surface area (Å²) in [5, 5.41) is 14.7. The van der Waals surface area contributed by atoms with Gasteiger partial charge in [-0.15, -0.1) is 0 Å². The van der Waals surface area contributed by atoms with Gasteiger partial charge in [-0.1, -0.05) is 55.7 Å². The Morgan fingerprint density at radius 1 is 0.747 bits per heavy atom. The van der Waals surface area contributed by atoms with Crippen molar-refractivity contribution in [2.45, 2.75) is 123 Å². The number of aliphatic hydroxyl groups excluding tert-OH is 1. The first kappa shape index (κ1) is 57.1. The standard InChI is InChI=1S/C59H68N6O14/c1-34(2)42(25-41(66)12-9-8-10-19-62-53(68)17-18-54(62)69)55(70)61-37(5)48(67)24-38-13-15-39(16-14-38)33-79-59(74)65-46-29-52(50(76-7)27-44(46)57(72)64-32-36(4)23-47(64)58(65)73)78-21-11-20-77-51-28-45-43(26-49(51)75-6)56(71)63-31-35(3)22-40(63)30-60-45/h13-18,26-32,34,37,40,42,47,58,73H,8-12,19-25,33H2,1-7H3,(H,61,70)/t37-,40-,42-,47-,58-/m0/s1. The van der Waals surface area contributed by atoms with Crippen LogP contribution in [-0.2, 0) is 41.7 Å². The minimum absolute atomic E-state index is 0.00591. The number of anilines is 1. The first-order valence-corrected chi connectivity index (χ1v) is 26.7. The van der Waals surface area contributed by atoms with Crippen LogP contribution in [0, 0.1) is 11.8 Å². The normalized spacial score (nSPS) is 19.0. The lowest BCUT2D eigenvalue weighted by molar-refractivity contribution is -0.137. The molecule has 0 aromatic heterocycles. The first-order chi connectivity index (χ1) is 37.8. The molecule has 0 aliphatic carbocycles. The van der Waals surface area contributed by atoms with Gasteiger partial charge in [0.25, 0.3) is 23.6 Å². The van der Waals surface area contributed by atoms with E-state index in [0.29, 0.717) is 78.9 Å². The molecule has 6 amide bonds. The van der Waals surface area contributed by atoms with Crippen LogP contribution in [0.25, 0.3) is 0 Å². The number of carbonyl (C=O) groups is 8. The number of fused-ring (bicyclic) bond motifs is 4. The quantitative estimate of drug-likeness (QED) is 0.0661. The van der Waals surface area contributed by atoms with Crippen molar-refractivity contribution in [3.05, 3.63) is 106 Å². The van der Waals surface area contributed by atoms with E-state index in [1.807, 2.05) is 33.9 Å². The highest BCUT2D eigenvalue weighted by atomic mass is 16.6. The summed E-state index contributed by atoms with van der Waals surface area (Å²) in [5.41, 5.74) is 4.12. The van der Waals surface area contributed by atoms with E-state index in [1.165, 1.54) is 48.3 Å². The third-order valence-corrected chi connectivity index (χ3v) is 14.7. The number of aliphatic hydroxyl groups is 1. The number of hydrogen-bond acceptors (Lipinski definition) is 15. The van der Waals surface area contributed by atoms with Crippen LogP contribution in [0.15, 0.2) is 89.2 Å². The molecule has 0 saturated carbocycles. The van der Waals surface area contributed by atoms with Gasteiger partial charge in [-0.2, -0.15) is 0 Å². The third kappa shape index (κ3) is 13.1. The Kier molecular flexibility index (Phi) is 18.1. The lowest BCUT2D eigenvalue weighted by atomic mass is 9.88. The summed E-state index contributed by atoms with van der Waals surface area (Å²) >= 11 is 0. The highest BCUT2D eigenvalue weighted by Gasteiger charge is 2.45. The van der Waals surface area contributed by atoms with Gasteiger partial charge in [-0.05, 0) is 75.6 Å². The Hall–Kier alpha value is -8.13. The zero-order valence-corrected chi connectivity index (χ0v) is 45.7. The van der Waals surface area contributed by atoms with Crippen molar-refractivity contribution in [3.8, 4) is 23.0 Å². The van der Waals surface area contributed by atoms with E-state index in [0.717, 1.165) is 16.0 Å². The maximum atomic E-state index is 14.2. The molecule has 5 heterocycles. The highest BCUT2D eigenvalue weighted by molar-refractivity contribution is 6.13. The molecule has 5 atom stereocenters. The van der Waals surface area contributed by atoms with Crippen LogP contribution < -0.4 is 29.2 Å². The van der Waals surface area contributed by atoms with Gasteiger partial charge in [0, 0.05) is 81.0 Å². The largest absolute Gasteiger partial charge is 0.493 e. The van der Waals surface area contributed by atoms with Gasteiger partial charge in [-0.25, -0.2) is 9.69 Å². The molecule has 418 valence electrons. The summed E-state index contributed by atoms with van der Waals surface area (Å²) in [7, 11) is 2.92. The number of Topliss-reactive ketones (excluding diaryl/α,β-unsaturated/α-hetero) is 2. The summed E-state index contributed by atoms with van der Waals surface area (Å²) in [4.78, 5) is 115. The van der Waals surface area contributed by atoms with E-state index < -0.39 is 36.2 Å².